The van der Waals surface area contributed by atoms with Crippen LogP contribution in [0.5, 0.6) is 0 Å². The Hall–Kier alpha value is 0.0700. The molecule has 0 aromatic rings. The Kier molecular flexibility index (Phi) is 11.0. The zero-order valence-electron chi connectivity index (χ0n) is 12.4. The highest BCUT2D eigenvalue weighted by molar-refractivity contribution is 7.74. The second-order valence-electron chi connectivity index (χ2n) is 5.56. The van der Waals surface area contributed by atoms with Crippen molar-refractivity contribution in [2.45, 2.75) is 78.7 Å². The Balaban J connectivity index is 4.21. The van der Waals surface area contributed by atoms with Crippen LogP contribution in [0.3, 0.4) is 0 Å². The molecule has 1 N–H and O–H groups in total. The third-order valence-corrected chi connectivity index (χ3v) is 3.86. The topological polar surface area (TPSA) is 46.5 Å². The van der Waals surface area contributed by atoms with Crippen molar-refractivity contribution in [2.75, 3.05) is 0 Å². The largest absolute Gasteiger partial charge is 0.302 e. The lowest BCUT2D eigenvalue weighted by atomic mass is 9.91. The molecule has 0 aliphatic heterocycles. The molecule has 0 aromatic carbocycles. The molecule has 0 saturated heterocycles. The van der Waals surface area contributed by atoms with Gasteiger partial charge in [0.15, 0.2) is 0 Å². The van der Waals surface area contributed by atoms with Crippen molar-refractivity contribution in [2.24, 2.45) is 11.8 Å². The van der Waals surface area contributed by atoms with Gasteiger partial charge in [0.1, 0.15) is 0 Å². The molecule has 0 aliphatic carbocycles. The predicted molar refractivity (Wildman–Crippen MR) is 77.6 cm³/mol. The highest BCUT2D eigenvalue weighted by Gasteiger charge is 2.18. The molecule has 0 amide bonds. The standard InChI is InChI=1S/C14H30O3S/c1-5-7-8-13(6-2)11-14(17-18(15)16)10-9-12(3)4/h12-14H,5-11H2,1-4H3,(H,15,16). The van der Waals surface area contributed by atoms with Crippen LogP contribution in [0.2, 0.25) is 0 Å². The fourth-order valence-corrected chi connectivity index (χ4v) is 2.60. The van der Waals surface area contributed by atoms with Crippen LogP contribution in [0.15, 0.2) is 0 Å². The van der Waals surface area contributed by atoms with Crippen molar-refractivity contribution in [3.63, 3.8) is 0 Å². The van der Waals surface area contributed by atoms with E-state index in [1.54, 1.807) is 0 Å². The summed E-state index contributed by atoms with van der Waals surface area (Å²) in [7, 11) is 0. The summed E-state index contributed by atoms with van der Waals surface area (Å²) in [5.74, 6) is 1.23. The van der Waals surface area contributed by atoms with Gasteiger partial charge in [0.2, 0.25) is 0 Å². The first-order chi connectivity index (χ1) is 8.49. The van der Waals surface area contributed by atoms with Crippen molar-refractivity contribution >= 4 is 11.4 Å². The van der Waals surface area contributed by atoms with Crippen molar-refractivity contribution < 1.29 is 12.9 Å². The molecule has 0 heterocycles. The van der Waals surface area contributed by atoms with E-state index in [0.29, 0.717) is 11.8 Å². The van der Waals surface area contributed by atoms with Gasteiger partial charge in [0, 0.05) is 0 Å². The molecule has 0 aliphatic rings. The van der Waals surface area contributed by atoms with E-state index in [9.17, 15) is 4.21 Å². The second kappa shape index (κ2) is 10.9. The average molecular weight is 278 g/mol. The molecule has 18 heavy (non-hydrogen) atoms. The van der Waals surface area contributed by atoms with Gasteiger partial charge in [-0.05, 0) is 31.1 Å². The Bertz CT molecular complexity index is 219. The number of rotatable bonds is 11. The zero-order chi connectivity index (χ0) is 14.0. The first kappa shape index (κ1) is 18.1. The number of hydrogen-bond donors (Lipinski definition) is 1. The van der Waals surface area contributed by atoms with Gasteiger partial charge >= 0.3 is 11.4 Å². The van der Waals surface area contributed by atoms with E-state index in [1.807, 2.05) is 0 Å². The van der Waals surface area contributed by atoms with Crippen molar-refractivity contribution in [1.29, 1.82) is 0 Å². The Labute approximate surface area is 115 Å². The minimum absolute atomic E-state index is 0.0694. The Morgan fingerprint density at radius 1 is 1.17 bits per heavy atom. The molecule has 3 nitrogen and oxygen atoms in total. The van der Waals surface area contributed by atoms with Gasteiger partial charge in [-0.25, -0.2) is 0 Å². The summed E-state index contributed by atoms with van der Waals surface area (Å²) in [6, 6.07) is 0. The number of hydrogen-bond acceptors (Lipinski definition) is 2. The van der Waals surface area contributed by atoms with Gasteiger partial charge in [-0.2, -0.15) is 4.21 Å². The van der Waals surface area contributed by atoms with Gasteiger partial charge in [-0.1, -0.05) is 53.4 Å². The SMILES string of the molecule is CCCCC(CC)CC(CCC(C)C)OS(=O)O. The molecule has 110 valence electrons. The summed E-state index contributed by atoms with van der Waals surface area (Å²) < 4.78 is 24.9. The van der Waals surface area contributed by atoms with E-state index in [0.717, 1.165) is 25.7 Å². The first-order valence-corrected chi connectivity index (χ1v) is 8.30. The summed E-state index contributed by atoms with van der Waals surface area (Å²) in [4.78, 5) is 0. The maximum Gasteiger partial charge on any atom is 0.302 e. The Morgan fingerprint density at radius 3 is 2.28 bits per heavy atom. The van der Waals surface area contributed by atoms with Crippen molar-refractivity contribution in [3.05, 3.63) is 0 Å². The highest BCUT2D eigenvalue weighted by Crippen LogP contribution is 2.23. The lowest BCUT2D eigenvalue weighted by Crippen LogP contribution is -2.19. The Morgan fingerprint density at radius 2 is 1.83 bits per heavy atom. The fraction of sp³-hybridized carbons (Fsp3) is 1.00. The van der Waals surface area contributed by atoms with Crippen LogP contribution >= 0.6 is 0 Å². The normalized spacial score (nSPS) is 16.8. The monoisotopic (exact) mass is 278 g/mol. The molecule has 0 spiro atoms. The fourth-order valence-electron chi connectivity index (χ4n) is 2.19. The molecule has 3 atom stereocenters. The molecule has 3 unspecified atom stereocenters. The average Bonchev–Trinajstić information content (AvgIpc) is 2.30. The molecular weight excluding hydrogens is 248 g/mol. The third kappa shape index (κ3) is 10.0. The highest BCUT2D eigenvalue weighted by atomic mass is 32.2. The summed E-state index contributed by atoms with van der Waals surface area (Å²) in [5, 5.41) is 0. The molecule has 0 saturated carbocycles. The maximum absolute atomic E-state index is 10.8. The summed E-state index contributed by atoms with van der Waals surface area (Å²) in [6.07, 6.45) is 7.54. The molecule has 0 aromatic heterocycles. The van der Waals surface area contributed by atoms with Crippen molar-refractivity contribution in [1.82, 2.24) is 0 Å². The van der Waals surface area contributed by atoms with Gasteiger partial charge < -0.3 is 0 Å². The van der Waals surface area contributed by atoms with Crippen LogP contribution in [0.25, 0.3) is 0 Å². The van der Waals surface area contributed by atoms with Crippen LogP contribution in [-0.2, 0) is 15.5 Å². The minimum Gasteiger partial charge on any atom is -0.284 e. The molecule has 0 bridgehead atoms. The van der Waals surface area contributed by atoms with E-state index in [-0.39, 0.29) is 6.10 Å². The van der Waals surface area contributed by atoms with E-state index >= 15 is 0 Å². The molecule has 0 radical (unpaired) electrons. The summed E-state index contributed by atoms with van der Waals surface area (Å²) in [5.41, 5.74) is 0. The van der Waals surface area contributed by atoms with E-state index in [4.69, 9.17) is 8.74 Å². The lowest BCUT2D eigenvalue weighted by Gasteiger charge is -2.22. The molecule has 0 rings (SSSR count). The summed E-state index contributed by atoms with van der Waals surface area (Å²) >= 11 is -2.13. The van der Waals surface area contributed by atoms with Crippen LogP contribution in [0.1, 0.15) is 72.6 Å². The van der Waals surface area contributed by atoms with E-state index < -0.39 is 11.4 Å². The molecular formula is C14H30O3S. The van der Waals surface area contributed by atoms with Crippen LogP contribution in [0, 0.1) is 11.8 Å². The van der Waals surface area contributed by atoms with Gasteiger partial charge in [-0.3, -0.25) is 8.74 Å². The third-order valence-electron chi connectivity index (χ3n) is 3.42. The molecule has 0 fully saturated rings. The van der Waals surface area contributed by atoms with Gasteiger partial charge in [-0.15, -0.1) is 0 Å². The zero-order valence-corrected chi connectivity index (χ0v) is 13.2. The van der Waals surface area contributed by atoms with E-state index in [2.05, 4.69) is 27.7 Å². The van der Waals surface area contributed by atoms with E-state index in [1.165, 1.54) is 19.3 Å². The van der Waals surface area contributed by atoms with Gasteiger partial charge in [0.05, 0.1) is 6.10 Å². The quantitative estimate of drug-likeness (QED) is 0.564. The summed E-state index contributed by atoms with van der Waals surface area (Å²) in [6.45, 7) is 8.72. The van der Waals surface area contributed by atoms with Crippen LogP contribution < -0.4 is 0 Å². The van der Waals surface area contributed by atoms with Crippen LogP contribution in [0.4, 0.5) is 0 Å². The van der Waals surface area contributed by atoms with Crippen LogP contribution in [-0.4, -0.2) is 14.9 Å². The smallest absolute Gasteiger partial charge is 0.284 e. The van der Waals surface area contributed by atoms with Crippen molar-refractivity contribution in [3.8, 4) is 0 Å². The first-order valence-electron chi connectivity index (χ1n) is 7.27. The lowest BCUT2D eigenvalue weighted by molar-refractivity contribution is 0.149. The number of unbranched alkanes of at least 4 members (excludes halogenated alkanes) is 1. The maximum atomic E-state index is 10.8. The van der Waals surface area contributed by atoms with Gasteiger partial charge in [0.25, 0.3) is 0 Å². The minimum atomic E-state index is -2.13. The second-order valence-corrected chi connectivity index (χ2v) is 6.19. The predicted octanol–water partition coefficient (Wildman–Crippen LogP) is 4.55. The molecule has 4 heteroatoms.